The van der Waals surface area contributed by atoms with Crippen LogP contribution in [0, 0.1) is 12.8 Å². The Bertz CT molecular complexity index is 1360. The van der Waals surface area contributed by atoms with Gasteiger partial charge in [-0.3, -0.25) is 13.9 Å². The van der Waals surface area contributed by atoms with Gasteiger partial charge in [-0.05, 0) is 61.2 Å². The number of anilines is 1. The van der Waals surface area contributed by atoms with Crippen LogP contribution in [-0.2, 0) is 26.2 Å². The van der Waals surface area contributed by atoms with Gasteiger partial charge in [0.15, 0.2) is 0 Å². The van der Waals surface area contributed by atoms with Crippen molar-refractivity contribution in [3.8, 4) is 0 Å². The fourth-order valence-corrected chi connectivity index (χ4v) is 5.77. The van der Waals surface area contributed by atoms with Gasteiger partial charge in [-0.1, -0.05) is 80.4 Å². The summed E-state index contributed by atoms with van der Waals surface area (Å²) in [5.74, 6) is -0.516. The third-order valence-corrected chi connectivity index (χ3v) is 8.27. The molecule has 3 aromatic rings. The molecule has 3 rings (SSSR count). The molecule has 0 spiro atoms. The number of nitrogens with one attached hydrogen (secondary N) is 1. The van der Waals surface area contributed by atoms with E-state index in [2.05, 4.69) is 5.32 Å². The first-order chi connectivity index (χ1) is 18.5. The number of amides is 2. The minimum atomic E-state index is -4.11. The van der Waals surface area contributed by atoms with Gasteiger partial charge in [-0.15, -0.1) is 0 Å². The van der Waals surface area contributed by atoms with Crippen LogP contribution in [0.15, 0.2) is 83.8 Å². The Morgan fingerprint density at radius 1 is 0.949 bits per heavy atom. The topological polar surface area (TPSA) is 86.8 Å². The van der Waals surface area contributed by atoms with E-state index < -0.39 is 28.5 Å². The lowest BCUT2D eigenvalue weighted by Gasteiger charge is -2.33. The summed E-state index contributed by atoms with van der Waals surface area (Å²) in [5.41, 5.74) is 2.17. The summed E-state index contributed by atoms with van der Waals surface area (Å²) in [6.45, 7) is 7.93. The molecule has 39 heavy (non-hydrogen) atoms. The number of carbonyl (C=O) groups is 2. The van der Waals surface area contributed by atoms with E-state index in [-0.39, 0.29) is 23.3 Å². The molecule has 1 atom stereocenters. The highest BCUT2D eigenvalue weighted by atomic mass is 35.5. The second-order valence-electron chi connectivity index (χ2n) is 9.87. The summed E-state index contributed by atoms with van der Waals surface area (Å²) >= 11 is 6.07. The molecule has 9 heteroatoms. The normalized spacial score (nSPS) is 12.2. The Hall–Kier alpha value is -3.36. The predicted octanol–water partition coefficient (Wildman–Crippen LogP) is 5.42. The van der Waals surface area contributed by atoms with E-state index in [4.69, 9.17) is 11.6 Å². The Morgan fingerprint density at radius 2 is 1.62 bits per heavy atom. The lowest BCUT2D eigenvalue weighted by Crippen LogP contribution is -2.52. The van der Waals surface area contributed by atoms with Crippen LogP contribution in [0.4, 0.5) is 5.69 Å². The molecular weight excluding hydrogens is 534 g/mol. The van der Waals surface area contributed by atoms with E-state index in [0.717, 1.165) is 15.4 Å². The second kappa shape index (κ2) is 13.6. The lowest BCUT2D eigenvalue weighted by molar-refractivity contribution is -0.140. The van der Waals surface area contributed by atoms with Crippen molar-refractivity contribution >= 4 is 39.1 Å². The van der Waals surface area contributed by atoms with E-state index in [1.807, 2.05) is 52.0 Å². The molecule has 0 aliphatic heterocycles. The van der Waals surface area contributed by atoms with Crippen LogP contribution in [0.3, 0.4) is 0 Å². The third kappa shape index (κ3) is 8.07. The maximum Gasteiger partial charge on any atom is 0.264 e. The molecule has 0 aliphatic rings. The zero-order valence-electron chi connectivity index (χ0n) is 22.8. The molecule has 0 radical (unpaired) electrons. The number of aryl methyl sites for hydroxylation is 1. The number of halogens is 1. The van der Waals surface area contributed by atoms with E-state index in [1.54, 1.807) is 42.5 Å². The number of hydrogen-bond acceptors (Lipinski definition) is 4. The first-order valence-electron chi connectivity index (χ1n) is 13.0. The van der Waals surface area contributed by atoms with Gasteiger partial charge in [0.25, 0.3) is 10.0 Å². The maximum absolute atomic E-state index is 14.0. The predicted molar refractivity (Wildman–Crippen MR) is 156 cm³/mol. The van der Waals surface area contributed by atoms with Gasteiger partial charge in [-0.25, -0.2) is 8.42 Å². The fourth-order valence-electron chi connectivity index (χ4n) is 4.21. The van der Waals surface area contributed by atoms with Gasteiger partial charge in [0.05, 0.1) is 10.6 Å². The standard InChI is InChI=1S/C30H36ClN3O4S/c1-5-28(30(36)32-19-22(2)3)33(20-24-11-9-10-23(4)18-24)29(35)21-34(26-16-14-25(31)15-17-26)39(37,38)27-12-7-6-8-13-27/h6-18,22,28H,5,19-21H2,1-4H3,(H,32,36)/t28-/m0/s1. The molecule has 0 heterocycles. The second-order valence-corrected chi connectivity index (χ2v) is 12.2. The van der Waals surface area contributed by atoms with Crippen LogP contribution in [0.1, 0.15) is 38.3 Å². The molecule has 0 aromatic heterocycles. The lowest BCUT2D eigenvalue weighted by atomic mass is 10.1. The van der Waals surface area contributed by atoms with Crippen molar-refractivity contribution in [2.45, 2.75) is 51.6 Å². The van der Waals surface area contributed by atoms with Crippen molar-refractivity contribution < 1.29 is 18.0 Å². The number of nitrogens with zero attached hydrogens (tertiary/aromatic N) is 2. The zero-order valence-corrected chi connectivity index (χ0v) is 24.4. The average Bonchev–Trinajstić information content (AvgIpc) is 2.91. The van der Waals surface area contributed by atoms with E-state index in [0.29, 0.717) is 23.7 Å². The quantitative estimate of drug-likeness (QED) is 0.315. The Labute approximate surface area is 236 Å². The van der Waals surface area contributed by atoms with Gasteiger partial charge >= 0.3 is 0 Å². The smallest absolute Gasteiger partial charge is 0.264 e. The molecule has 0 aliphatic carbocycles. The van der Waals surface area contributed by atoms with Crippen LogP contribution in [0.5, 0.6) is 0 Å². The highest BCUT2D eigenvalue weighted by Crippen LogP contribution is 2.26. The van der Waals surface area contributed by atoms with Crippen LogP contribution in [-0.4, -0.2) is 44.3 Å². The van der Waals surface area contributed by atoms with Gasteiger partial charge in [0.2, 0.25) is 11.8 Å². The van der Waals surface area contributed by atoms with Crippen LogP contribution >= 0.6 is 11.6 Å². The largest absolute Gasteiger partial charge is 0.354 e. The molecule has 7 nitrogen and oxygen atoms in total. The minimum absolute atomic E-state index is 0.0553. The van der Waals surface area contributed by atoms with Crippen LogP contribution < -0.4 is 9.62 Å². The van der Waals surface area contributed by atoms with Gasteiger partial charge < -0.3 is 10.2 Å². The molecule has 0 unspecified atom stereocenters. The monoisotopic (exact) mass is 569 g/mol. The number of sulfonamides is 1. The highest BCUT2D eigenvalue weighted by molar-refractivity contribution is 7.92. The summed E-state index contributed by atoms with van der Waals surface area (Å²) in [7, 11) is -4.11. The van der Waals surface area contributed by atoms with Gasteiger partial charge in [-0.2, -0.15) is 0 Å². The molecule has 0 fully saturated rings. The summed E-state index contributed by atoms with van der Waals surface area (Å²) in [4.78, 5) is 28.8. The zero-order chi connectivity index (χ0) is 28.6. The third-order valence-electron chi connectivity index (χ3n) is 6.23. The van der Waals surface area contributed by atoms with Crippen LogP contribution in [0.25, 0.3) is 0 Å². The van der Waals surface area contributed by atoms with Crippen molar-refractivity contribution in [3.05, 3.63) is 95.0 Å². The fraction of sp³-hybridized carbons (Fsp3) is 0.333. The minimum Gasteiger partial charge on any atom is -0.354 e. The number of carbonyl (C=O) groups excluding carboxylic acids is 2. The van der Waals surface area contributed by atoms with E-state index in [1.165, 1.54) is 17.0 Å². The summed E-state index contributed by atoms with van der Waals surface area (Å²) in [5, 5.41) is 3.37. The Kier molecular flexibility index (Phi) is 10.5. The first kappa shape index (κ1) is 30.2. The number of hydrogen-bond donors (Lipinski definition) is 1. The summed E-state index contributed by atoms with van der Waals surface area (Å²) in [6.07, 6.45) is 0.369. The Balaban J connectivity index is 2.03. The van der Waals surface area contributed by atoms with E-state index in [9.17, 15) is 18.0 Å². The van der Waals surface area contributed by atoms with Crippen molar-refractivity contribution in [2.75, 3.05) is 17.4 Å². The summed E-state index contributed by atoms with van der Waals surface area (Å²) < 4.78 is 28.6. The van der Waals surface area contributed by atoms with Gasteiger partial charge in [0, 0.05) is 18.1 Å². The molecular formula is C30H36ClN3O4S. The summed E-state index contributed by atoms with van der Waals surface area (Å²) in [6, 6.07) is 21.2. The molecule has 0 saturated carbocycles. The van der Waals surface area contributed by atoms with Crippen molar-refractivity contribution in [3.63, 3.8) is 0 Å². The van der Waals surface area contributed by atoms with Crippen molar-refractivity contribution in [2.24, 2.45) is 5.92 Å². The molecule has 2 amide bonds. The van der Waals surface area contributed by atoms with Gasteiger partial charge in [0.1, 0.15) is 12.6 Å². The Morgan fingerprint density at radius 3 is 2.21 bits per heavy atom. The molecule has 208 valence electrons. The number of benzene rings is 3. The first-order valence-corrected chi connectivity index (χ1v) is 14.8. The van der Waals surface area contributed by atoms with Crippen LogP contribution in [0.2, 0.25) is 5.02 Å². The molecule has 1 N–H and O–H groups in total. The number of rotatable bonds is 12. The molecule has 0 saturated heterocycles. The highest BCUT2D eigenvalue weighted by Gasteiger charge is 2.33. The van der Waals surface area contributed by atoms with E-state index >= 15 is 0 Å². The SMILES string of the molecule is CC[C@@H](C(=O)NCC(C)C)N(Cc1cccc(C)c1)C(=O)CN(c1ccc(Cl)cc1)S(=O)(=O)c1ccccc1. The van der Waals surface area contributed by atoms with Crippen molar-refractivity contribution in [1.29, 1.82) is 0 Å². The molecule has 0 bridgehead atoms. The maximum atomic E-state index is 14.0. The van der Waals surface area contributed by atoms with Crippen molar-refractivity contribution in [1.82, 2.24) is 10.2 Å². The average molecular weight is 570 g/mol. The molecule has 3 aromatic carbocycles.